The Hall–Kier alpha value is -11.0. The lowest BCUT2D eigenvalue weighted by molar-refractivity contribution is -0.145. The molecule has 8 heterocycles. The maximum absolute atomic E-state index is 13.4. The quantitative estimate of drug-likeness (QED) is 0.0274. The van der Waals surface area contributed by atoms with Crippen LogP contribution in [0.15, 0.2) is 86.6 Å². The summed E-state index contributed by atoms with van der Waals surface area (Å²) in [5.41, 5.74) is 5.24. The maximum atomic E-state index is 13.4. The summed E-state index contributed by atoms with van der Waals surface area (Å²) in [6.07, 6.45) is 9.40. The first kappa shape index (κ1) is 112. The molecule has 5 aromatic carbocycles. The van der Waals surface area contributed by atoms with E-state index in [0.29, 0.717) is 240 Å². The lowest BCUT2D eigenvalue weighted by Gasteiger charge is -2.37. The van der Waals surface area contributed by atoms with Gasteiger partial charge in [0.2, 0.25) is 17.6 Å². The molecule has 5 aliphatic heterocycles. The van der Waals surface area contributed by atoms with Gasteiger partial charge in [0.05, 0.1) is 142 Å². The number of amides is 2. The minimum Gasteiger partial charge on any atom is -0.496 e. The highest BCUT2D eigenvalue weighted by atomic mass is 35.5. The zero-order chi connectivity index (χ0) is 104. The predicted octanol–water partition coefficient (Wildman–Crippen LogP) is 16.8. The molecule has 0 radical (unpaired) electrons. The zero-order valence-electron chi connectivity index (χ0n) is 84.1. The third-order valence-corrected chi connectivity index (χ3v) is 27.0. The Balaban J connectivity index is 0.000000171. The topological polar surface area (TPSA) is 398 Å². The molecule has 8 aromatic rings. The second kappa shape index (κ2) is 49.7. The van der Waals surface area contributed by atoms with Crippen molar-refractivity contribution in [3.63, 3.8) is 0 Å². The van der Waals surface area contributed by atoms with Gasteiger partial charge in [0.15, 0.2) is 5.76 Å². The molecule has 36 nitrogen and oxygen atoms in total. The van der Waals surface area contributed by atoms with E-state index in [4.69, 9.17) is 138 Å². The number of benzene rings is 5. The zero-order valence-corrected chi connectivity index (χ0v) is 88.7. The largest absolute Gasteiger partial charge is 0.515 e. The number of methoxy groups -OCH3 is 8. The third kappa shape index (κ3) is 25.2. The standard InChI is InChI=1S/C22H28ClNO6.C21H27ClN2O5.C20H26ClNO6S.C19H23ClN2O6.C19H23ClN2O5/c1-5-13-10-14(23)11-16(29-4)18(13)19-20(30-17(25)12-27-2)22(24-21(19)26)8-6-15(28-3)7-9-22;1-6-13-11-14(22)12-15(27-5)16(13)17-18(25)23-7-9-28-10-8-24(23)19(17)29-20(26)21(2,3)4;1-5-12-10-13(21)11-15(27-3)16(12)17-18(28-29(4,24)25)20(22-19(17)23)8-6-14(26-2)7-9-20;1-4-12-10-13(20)11-14(25-3)15(12)16-17(23)21-6-8-26-9-7-22(21)18(16)28-19(24)27-5-2;1-4-12-10-13(20)11-14(25-3)15(12)16-17(23)21-8-6-7-9-22(21)18(16)27-19(24)26-5-2/h10-11,15H,5-9,12H2,1-4H3,(H,24,26);11-12H,6-10H2,1-5H3;10-11,14H,5-9H2,1-4H3,(H,22,23);10-11H,4-9H2,1-3H3;10-11H,4-9H2,1-3H3. The van der Waals surface area contributed by atoms with Crippen molar-refractivity contribution in [1.82, 2.24) is 38.7 Å². The summed E-state index contributed by atoms with van der Waals surface area (Å²) in [4.78, 5) is 116. The molecule has 42 heteroatoms. The summed E-state index contributed by atoms with van der Waals surface area (Å²) in [6, 6.07) is 17.2. The van der Waals surface area contributed by atoms with Crippen LogP contribution in [0.25, 0.3) is 44.5 Å². The number of aryl methyl sites for hydroxylation is 5. The number of hydrogen-bond acceptors (Lipinski definition) is 28. The molecular weight excluding hydrogens is 1980 g/mol. The molecule has 2 saturated carbocycles. The van der Waals surface area contributed by atoms with E-state index in [1.807, 2.05) is 40.7 Å². The van der Waals surface area contributed by atoms with Gasteiger partial charge in [-0.1, -0.05) is 92.6 Å². The minimum atomic E-state index is -3.86. The fraction of sp³-hybridized carbons (Fsp3) is 0.515. The van der Waals surface area contributed by atoms with Crippen LogP contribution in [0.2, 0.25) is 25.1 Å². The van der Waals surface area contributed by atoms with Crippen molar-refractivity contribution < 1.29 is 117 Å². The van der Waals surface area contributed by atoms with Crippen molar-refractivity contribution in [2.24, 2.45) is 5.41 Å². The highest BCUT2D eigenvalue weighted by Gasteiger charge is 2.53. The van der Waals surface area contributed by atoms with E-state index in [1.54, 1.807) is 127 Å². The van der Waals surface area contributed by atoms with Gasteiger partial charge in [-0.2, -0.15) is 8.42 Å². The number of halogens is 5. The van der Waals surface area contributed by atoms with E-state index in [1.165, 1.54) is 47.3 Å². The molecule has 143 heavy (non-hydrogen) atoms. The van der Waals surface area contributed by atoms with Crippen molar-refractivity contribution in [1.29, 1.82) is 0 Å². The SMILES string of the molecule is CCOC(=O)Oc1c(-c2c(CC)cc(Cl)cc2OC)c(=O)n2n1CCCC2.CCOC(=O)Oc1c(-c2c(CC)cc(Cl)cc2OC)c(=O)n2n1CCOCC2.CCc1cc(Cl)cc(OC)c1-c1c(OC(=O)C(C)(C)C)n2n(c1=O)CCOCC2.CCc1cc(Cl)cc(OC)c1C1=C(OC(=O)COC)C2(CCC(OC)CC2)NC1=O.CCc1cc(Cl)cc(OC)c1C1=C(OS(C)(=O)=O)C2(CCC(OC)CC2)NC1=O. The molecule has 3 aromatic heterocycles. The van der Waals surface area contributed by atoms with E-state index < -0.39 is 50.9 Å². The number of esters is 2. The summed E-state index contributed by atoms with van der Waals surface area (Å²) in [7, 11) is 8.46. The summed E-state index contributed by atoms with van der Waals surface area (Å²) in [6.45, 7) is 22.9. The summed E-state index contributed by atoms with van der Waals surface area (Å²) in [5, 5.41) is 8.63. The Morgan fingerprint density at radius 3 is 1.01 bits per heavy atom. The van der Waals surface area contributed by atoms with Crippen LogP contribution >= 0.6 is 58.0 Å². The Labute approximate surface area is 855 Å². The predicted molar refractivity (Wildman–Crippen MR) is 539 cm³/mol. The summed E-state index contributed by atoms with van der Waals surface area (Å²) < 4.78 is 126. The Morgan fingerprint density at radius 2 is 0.699 bits per heavy atom. The van der Waals surface area contributed by atoms with E-state index >= 15 is 0 Å². The Bertz CT molecular complexity index is 6280. The molecule has 2 spiro atoms. The lowest BCUT2D eigenvalue weighted by atomic mass is 9.79. The van der Waals surface area contributed by atoms with Crippen LogP contribution in [-0.2, 0) is 143 Å². The fourth-order valence-corrected chi connectivity index (χ4v) is 20.4. The van der Waals surface area contributed by atoms with Gasteiger partial charge in [-0.3, -0.25) is 33.4 Å². The van der Waals surface area contributed by atoms with Crippen molar-refractivity contribution in [2.45, 2.75) is 228 Å². The number of ether oxygens (including phenoxy) is 16. The molecule has 0 saturated heterocycles. The fourth-order valence-electron chi connectivity index (χ4n) is 18.7. The average Bonchev–Trinajstić information content (AvgIpc) is 1.65. The van der Waals surface area contributed by atoms with Crippen LogP contribution in [0.5, 0.6) is 46.4 Å². The van der Waals surface area contributed by atoms with Crippen molar-refractivity contribution in [2.75, 3.05) is 109 Å². The van der Waals surface area contributed by atoms with Crippen molar-refractivity contribution in [3.05, 3.63) is 167 Å². The molecule has 780 valence electrons. The molecule has 0 atom stereocenters. The van der Waals surface area contributed by atoms with E-state index in [0.717, 1.165) is 59.8 Å². The molecule has 0 bridgehead atoms. The van der Waals surface area contributed by atoms with Gasteiger partial charge in [-0.05, 0) is 219 Å². The number of rotatable bonds is 27. The van der Waals surface area contributed by atoms with Crippen molar-refractivity contribution >= 4 is 115 Å². The normalized spacial score (nSPS) is 18.0. The molecule has 2 N–H and O–H groups in total. The second-order valence-electron chi connectivity index (χ2n) is 35.4. The van der Waals surface area contributed by atoms with Crippen LogP contribution in [0.4, 0.5) is 9.59 Å². The van der Waals surface area contributed by atoms with Crippen LogP contribution in [0, 0.1) is 5.41 Å². The molecular formula is C101H127Cl5N8O28S. The molecule has 15 rings (SSSR count). The second-order valence-corrected chi connectivity index (χ2v) is 39.1. The number of nitrogens with one attached hydrogen (secondary N) is 2. The number of carbonyl (C=O) groups is 6. The maximum Gasteiger partial charge on any atom is 0.515 e. The number of nitrogens with zero attached hydrogens (tertiary/aromatic N) is 6. The van der Waals surface area contributed by atoms with Gasteiger partial charge in [0, 0.05) is 87.3 Å². The summed E-state index contributed by atoms with van der Waals surface area (Å²) >= 11 is 31.1. The van der Waals surface area contributed by atoms with E-state index in [2.05, 4.69) is 10.6 Å². The molecule has 2 aliphatic carbocycles. The molecule has 2 amide bonds. The van der Waals surface area contributed by atoms with Crippen LogP contribution in [0.3, 0.4) is 0 Å². The third-order valence-electron chi connectivity index (χ3n) is 25.5. The number of aromatic nitrogens is 6. The average molecular weight is 2110 g/mol. The van der Waals surface area contributed by atoms with Crippen LogP contribution in [0.1, 0.15) is 172 Å². The van der Waals surface area contributed by atoms with Crippen LogP contribution in [-0.4, -0.2) is 205 Å². The number of carbonyl (C=O) groups excluding carboxylic acids is 6. The number of fused-ring (bicyclic) bond motifs is 3. The molecule has 2 fully saturated rings. The molecule has 7 aliphatic rings. The van der Waals surface area contributed by atoms with E-state index in [-0.39, 0.29) is 95.1 Å². The van der Waals surface area contributed by atoms with Gasteiger partial charge in [0.25, 0.3) is 28.5 Å². The van der Waals surface area contributed by atoms with E-state index in [9.17, 15) is 51.6 Å². The van der Waals surface area contributed by atoms with Gasteiger partial charge in [-0.15, -0.1) is 0 Å². The van der Waals surface area contributed by atoms with Gasteiger partial charge in [0.1, 0.15) is 63.3 Å². The Kier molecular flexibility index (Phi) is 39.1. The monoisotopic (exact) mass is 2110 g/mol. The Morgan fingerprint density at radius 1 is 0.406 bits per heavy atom. The van der Waals surface area contributed by atoms with Crippen LogP contribution < -0.4 is 65.2 Å². The molecule has 0 unspecified atom stereocenters. The lowest BCUT2D eigenvalue weighted by Crippen LogP contribution is -2.49. The van der Waals surface area contributed by atoms with Crippen molar-refractivity contribution in [3.8, 4) is 79.8 Å². The highest BCUT2D eigenvalue weighted by Crippen LogP contribution is 2.52. The minimum absolute atomic E-state index is 0.0670. The first-order chi connectivity index (χ1) is 68.2. The summed E-state index contributed by atoms with van der Waals surface area (Å²) in [5.74, 6) is 1.58. The van der Waals surface area contributed by atoms with Gasteiger partial charge >= 0.3 is 34.4 Å². The first-order valence-electron chi connectivity index (χ1n) is 47.4. The highest BCUT2D eigenvalue weighted by molar-refractivity contribution is 7.86. The smallest absolute Gasteiger partial charge is 0.496 e. The van der Waals surface area contributed by atoms with Gasteiger partial charge in [-0.25, -0.2) is 37.8 Å². The van der Waals surface area contributed by atoms with Gasteiger partial charge < -0.3 is 90.6 Å². The number of hydrogen-bond donors (Lipinski definition) is 2. The first-order valence-corrected chi connectivity index (χ1v) is 51.2.